The fourth-order valence-corrected chi connectivity index (χ4v) is 1.62. The first-order valence-electron chi connectivity index (χ1n) is 5.72. The maximum absolute atomic E-state index is 11.8. The molecule has 0 radical (unpaired) electrons. The van der Waals surface area contributed by atoms with Crippen LogP contribution in [0.4, 0.5) is 0 Å². The summed E-state index contributed by atoms with van der Waals surface area (Å²) in [6, 6.07) is -0.00263. The van der Waals surface area contributed by atoms with Crippen molar-refractivity contribution >= 4 is 5.91 Å². The fourth-order valence-electron chi connectivity index (χ4n) is 1.62. The number of likely N-dealkylation sites (N-methyl/N-ethyl adjacent to an activating group) is 1. The predicted molar refractivity (Wildman–Crippen MR) is 61.5 cm³/mol. The number of nitrogens with zero attached hydrogens (tertiary/aromatic N) is 2. The minimum absolute atomic E-state index is 0.00263. The topological polar surface area (TPSA) is 49.6 Å². The number of nitrogens with two attached hydrogens (primary N) is 1. The van der Waals surface area contributed by atoms with E-state index in [1.807, 2.05) is 4.90 Å². The molecule has 1 heterocycles. The van der Waals surface area contributed by atoms with Gasteiger partial charge in [0.05, 0.1) is 0 Å². The summed E-state index contributed by atoms with van der Waals surface area (Å²) in [5, 5.41) is 0. The third-order valence-corrected chi connectivity index (χ3v) is 3.12. The van der Waals surface area contributed by atoms with Gasteiger partial charge in [-0.15, -0.1) is 0 Å². The van der Waals surface area contributed by atoms with Crippen molar-refractivity contribution in [1.82, 2.24) is 9.80 Å². The summed E-state index contributed by atoms with van der Waals surface area (Å²) < 4.78 is 0. The van der Waals surface area contributed by atoms with Crippen LogP contribution in [0.5, 0.6) is 0 Å². The minimum Gasteiger partial charge on any atom is -0.340 e. The average Bonchev–Trinajstić information content (AvgIpc) is 2.18. The first-order chi connectivity index (χ1) is 7.00. The van der Waals surface area contributed by atoms with Crippen molar-refractivity contribution in [3.05, 3.63) is 0 Å². The fraction of sp³-hybridized carbons (Fsp3) is 0.909. The van der Waals surface area contributed by atoms with E-state index < -0.39 is 0 Å². The molecule has 4 heteroatoms. The minimum atomic E-state index is -0.00263. The van der Waals surface area contributed by atoms with Gasteiger partial charge in [0.1, 0.15) is 0 Å². The summed E-state index contributed by atoms with van der Waals surface area (Å²) in [5.74, 6) is 0.589. The number of rotatable bonds is 3. The van der Waals surface area contributed by atoms with E-state index in [1.54, 1.807) is 0 Å². The van der Waals surface area contributed by atoms with Crippen molar-refractivity contribution in [3.8, 4) is 0 Å². The molecular formula is C11H23N3O. The molecule has 0 spiro atoms. The number of hydrogen-bond donors (Lipinski definition) is 1. The monoisotopic (exact) mass is 213 g/mol. The molecule has 0 aliphatic carbocycles. The van der Waals surface area contributed by atoms with Gasteiger partial charge in [-0.05, 0) is 13.0 Å². The zero-order chi connectivity index (χ0) is 11.4. The van der Waals surface area contributed by atoms with Crippen LogP contribution in [-0.4, -0.2) is 55.0 Å². The number of carbonyl (C=O) groups is 1. The van der Waals surface area contributed by atoms with Crippen molar-refractivity contribution in [2.24, 2.45) is 11.7 Å². The van der Waals surface area contributed by atoms with Crippen LogP contribution in [0.3, 0.4) is 0 Å². The Balaban J connectivity index is 2.34. The molecule has 88 valence electrons. The van der Waals surface area contributed by atoms with E-state index in [9.17, 15) is 4.79 Å². The van der Waals surface area contributed by atoms with Gasteiger partial charge < -0.3 is 15.5 Å². The third-order valence-electron chi connectivity index (χ3n) is 3.12. The zero-order valence-corrected chi connectivity index (χ0v) is 10.1. The summed E-state index contributed by atoms with van der Waals surface area (Å²) in [6.45, 7) is 7.76. The van der Waals surface area contributed by atoms with E-state index in [-0.39, 0.29) is 11.9 Å². The number of amides is 1. The van der Waals surface area contributed by atoms with Crippen LogP contribution in [0.25, 0.3) is 0 Å². The van der Waals surface area contributed by atoms with Crippen molar-refractivity contribution in [3.63, 3.8) is 0 Å². The highest BCUT2D eigenvalue weighted by Crippen LogP contribution is 2.07. The van der Waals surface area contributed by atoms with E-state index in [4.69, 9.17) is 5.73 Å². The maximum Gasteiger partial charge on any atom is 0.224 e. The normalized spacial score (nSPS) is 20.7. The van der Waals surface area contributed by atoms with Gasteiger partial charge >= 0.3 is 0 Å². The molecule has 2 N–H and O–H groups in total. The molecule has 0 aromatic carbocycles. The van der Waals surface area contributed by atoms with Crippen LogP contribution in [0.1, 0.15) is 20.3 Å². The smallest absolute Gasteiger partial charge is 0.224 e. The van der Waals surface area contributed by atoms with Gasteiger partial charge in [-0.3, -0.25) is 4.79 Å². The van der Waals surface area contributed by atoms with Crippen molar-refractivity contribution in [2.75, 3.05) is 33.2 Å². The zero-order valence-electron chi connectivity index (χ0n) is 10.1. The van der Waals surface area contributed by atoms with Crippen LogP contribution in [0, 0.1) is 5.92 Å². The second-order valence-electron chi connectivity index (χ2n) is 4.80. The van der Waals surface area contributed by atoms with Crippen molar-refractivity contribution in [1.29, 1.82) is 0 Å². The molecule has 0 saturated carbocycles. The van der Waals surface area contributed by atoms with Gasteiger partial charge in [0, 0.05) is 38.6 Å². The Kier molecular flexibility index (Phi) is 4.54. The van der Waals surface area contributed by atoms with Gasteiger partial charge in [-0.2, -0.15) is 0 Å². The summed E-state index contributed by atoms with van der Waals surface area (Å²) in [7, 11) is 2.08. The second-order valence-corrected chi connectivity index (χ2v) is 4.80. The van der Waals surface area contributed by atoms with Crippen LogP contribution in [0.2, 0.25) is 0 Å². The average molecular weight is 213 g/mol. The first-order valence-corrected chi connectivity index (χ1v) is 5.72. The Morgan fingerprint density at radius 3 is 2.27 bits per heavy atom. The molecule has 1 saturated heterocycles. The summed E-state index contributed by atoms with van der Waals surface area (Å²) in [6.07, 6.45) is 0.487. The predicted octanol–water partition coefficient (Wildman–Crippen LogP) is 0.134. The Morgan fingerprint density at radius 1 is 1.27 bits per heavy atom. The Bertz CT molecular complexity index is 210. The molecule has 1 fully saturated rings. The van der Waals surface area contributed by atoms with Crippen LogP contribution < -0.4 is 5.73 Å². The van der Waals surface area contributed by atoms with E-state index >= 15 is 0 Å². The molecule has 1 aliphatic heterocycles. The maximum atomic E-state index is 11.8. The lowest BCUT2D eigenvalue weighted by molar-refractivity contribution is -0.133. The van der Waals surface area contributed by atoms with Crippen LogP contribution in [0.15, 0.2) is 0 Å². The molecule has 1 aliphatic rings. The molecule has 4 nitrogen and oxygen atoms in total. The van der Waals surface area contributed by atoms with E-state index in [1.165, 1.54) is 0 Å². The van der Waals surface area contributed by atoms with Gasteiger partial charge in [0.2, 0.25) is 5.91 Å². The molecule has 0 aromatic rings. The number of piperazine rings is 1. The highest BCUT2D eigenvalue weighted by atomic mass is 16.2. The number of hydrogen-bond acceptors (Lipinski definition) is 3. The highest BCUT2D eigenvalue weighted by molar-refractivity contribution is 5.77. The molecule has 0 bridgehead atoms. The molecule has 1 unspecified atom stereocenters. The quantitative estimate of drug-likeness (QED) is 0.725. The molecule has 15 heavy (non-hydrogen) atoms. The summed E-state index contributed by atoms with van der Waals surface area (Å²) in [4.78, 5) is 16.0. The summed E-state index contributed by atoms with van der Waals surface area (Å²) >= 11 is 0. The van der Waals surface area contributed by atoms with E-state index in [0.29, 0.717) is 12.3 Å². The highest BCUT2D eigenvalue weighted by Gasteiger charge is 2.21. The standard InChI is InChI=1S/C11H23N3O/c1-9(2)10(12)8-11(15)14-6-4-13(3)5-7-14/h9-10H,4-8,12H2,1-3H3. The van der Waals surface area contributed by atoms with E-state index in [0.717, 1.165) is 26.2 Å². The Morgan fingerprint density at radius 2 is 1.80 bits per heavy atom. The molecule has 1 rings (SSSR count). The first kappa shape index (κ1) is 12.5. The van der Waals surface area contributed by atoms with Crippen molar-refractivity contribution in [2.45, 2.75) is 26.3 Å². The van der Waals surface area contributed by atoms with E-state index in [2.05, 4.69) is 25.8 Å². The van der Waals surface area contributed by atoms with Gasteiger partial charge in [-0.25, -0.2) is 0 Å². The molecular weight excluding hydrogens is 190 g/mol. The molecule has 0 aromatic heterocycles. The lowest BCUT2D eigenvalue weighted by Gasteiger charge is -2.33. The van der Waals surface area contributed by atoms with Gasteiger partial charge in [0.25, 0.3) is 0 Å². The third kappa shape index (κ3) is 3.80. The second kappa shape index (κ2) is 5.47. The van der Waals surface area contributed by atoms with Gasteiger partial charge in [-0.1, -0.05) is 13.8 Å². The molecule has 1 atom stereocenters. The number of carbonyl (C=O) groups excluding carboxylic acids is 1. The largest absolute Gasteiger partial charge is 0.340 e. The Hall–Kier alpha value is -0.610. The van der Waals surface area contributed by atoms with Crippen molar-refractivity contribution < 1.29 is 4.79 Å². The lowest BCUT2D eigenvalue weighted by Crippen LogP contribution is -2.48. The summed E-state index contributed by atoms with van der Waals surface area (Å²) in [5.41, 5.74) is 5.89. The SMILES string of the molecule is CC(C)C(N)CC(=O)N1CCN(C)CC1. The molecule has 1 amide bonds. The Labute approximate surface area is 92.4 Å². The lowest BCUT2D eigenvalue weighted by atomic mass is 10.0. The van der Waals surface area contributed by atoms with Crippen LogP contribution in [-0.2, 0) is 4.79 Å². The van der Waals surface area contributed by atoms with Crippen LogP contribution >= 0.6 is 0 Å². The van der Waals surface area contributed by atoms with Gasteiger partial charge in [0.15, 0.2) is 0 Å².